The highest BCUT2D eigenvalue weighted by molar-refractivity contribution is 4.91. The third-order valence-corrected chi connectivity index (χ3v) is 4.51. The first-order chi connectivity index (χ1) is 8.92. The van der Waals surface area contributed by atoms with E-state index in [1.165, 1.54) is 45.1 Å². The molecular formula is C15H30N2O. The highest BCUT2D eigenvalue weighted by Gasteiger charge is 2.32. The summed E-state index contributed by atoms with van der Waals surface area (Å²) in [6.45, 7) is 6.17. The van der Waals surface area contributed by atoms with E-state index < -0.39 is 0 Å². The molecule has 0 amide bonds. The van der Waals surface area contributed by atoms with Crippen LogP contribution in [-0.4, -0.2) is 38.4 Å². The van der Waals surface area contributed by atoms with Crippen LogP contribution < -0.4 is 10.6 Å². The summed E-state index contributed by atoms with van der Waals surface area (Å²) in [4.78, 5) is 0. The Bertz CT molecular complexity index is 217. The lowest BCUT2D eigenvalue weighted by atomic mass is 9.79. The van der Waals surface area contributed by atoms with E-state index in [1.807, 2.05) is 0 Å². The topological polar surface area (TPSA) is 33.3 Å². The van der Waals surface area contributed by atoms with Crippen molar-refractivity contribution in [2.75, 3.05) is 26.3 Å². The Morgan fingerprint density at radius 1 is 1.17 bits per heavy atom. The van der Waals surface area contributed by atoms with Crippen LogP contribution in [-0.2, 0) is 4.74 Å². The minimum absolute atomic E-state index is 0.746. The van der Waals surface area contributed by atoms with Gasteiger partial charge in [-0.2, -0.15) is 0 Å². The minimum atomic E-state index is 0.746. The Kier molecular flexibility index (Phi) is 6.46. The molecule has 2 fully saturated rings. The molecule has 1 heterocycles. The molecule has 3 unspecified atom stereocenters. The third kappa shape index (κ3) is 4.22. The van der Waals surface area contributed by atoms with E-state index in [2.05, 4.69) is 17.6 Å². The molecule has 1 aliphatic carbocycles. The van der Waals surface area contributed by atoms with Gasteiger partial charge in [0, 0.05) is 25.3 Å². The average molecular weight is 254 g/mol. The quantitative estimate of drug-likeness (QED) is 0.684. The van der Waals surface area contributed by atoms with E-state index in [0.29, 0.717) is 0 Å². The van der Waals surface area contributed by atoms with Crippen LogP contribution in [0, 0.1) is 5.92 Å². The molecule has 0 bridgehead atoms. The summed E-state index contributed by atoms with van der Waals surface area (Å²) < 4.78 is 5.40. The Balaban J connectivity index is 1.69. The summed E-state index contributed by atoms with van der Waals surface area (Å²) in [5, 5.41) is 7.49. The van der Waals surface area contributed by atoms with Crippen molar-refractivity contribution in [2.24, 2.45) is 5.92 Å². The maximum absolute atomic E-state index is 5.40. The van der Waals surface area contributed by atoms with Gasteiger partial charge in [-0.25, -0.2) is 0 Å². The van der Waals surface area contributed by atoms with Crippen LogP contribution in [0.2, 0.25) is 0 Å². The molecular weight excluding hydrogens is 224 g/mol. The highest BCUT2D eigenvalue weighted by Crippen LogP contribution is 2.30. The second kappa shape index (κ2) is 8.13. The van der Waals surface area contributed by atoms with Gasteiger partial charge in [0.15, 0.2) is 0 Å². The van der Waals surface area contributed by atoms with Gasteiger partial charge in [-0.3, -0.25) is 0 Å². The van der Waals surface area contributed by atoms with E-state index in [1.54, 1.807) is 0 Å². The van der Waals surface area contributed by atoms with Crippen molar-refractivity contribution in [3.8, 4) is 0 Å². The van der Waals surface area contributed by atoms with Gasteiger partial charge in [0.1, 0.15) is 0 Å². The van der Waals surface area contributed by atoms with Crippen LogP contribution in [0.4, 0.5) is 0 Å². The SMILES string of the molecule is CCOCCCNC1CCCCC1C1CCCN1. The van der Waals surface area contributed by atoms with Crippen LogP contribution in [0.1, 0.15) is 51.9 Å². The van der Waals surface area contributed by atoms with Crippen molar-refractivity contribution in [1.82, 2.24) is 10.6 Å². The zero-order chi connectivity index (χ0) is 12.6. The van der Waals surface area contributed by atoms with Crippen molar-refractivity contribution >= 4 is 0 Å². The monoisotopic (exact) mass is 254 g/mol. The zero-order valence-corrected chi connectivity index (χ0v) is 11.9. The number of rotatable bonds is 7. The lowest BCUT2D eigenvalue weighted by molar-refractivity contribution is 0.140. The summed E-state index contributed by atoms with van der Waals surface area (Å²) in [6, 6.07) is 1.53. The summed E-state index contributed by atoms with van der Waals surface area (Å²) in [5.41, 5.74) is 0. The number of hydrogen-bond donors (Lipinski definition) is 2. The molecule has 3 heteroatoms. The molecule has 0 radical (unpaired) electrons. The molecule has 2 rings (SSSR count). The van der Waals surface area contributed by atoms with Gasteiger partial charge in [0.2, 0.25) is 0 Å². The Labute approximate surface area is 112 Å². The second-order valence-corrected chi connectivity index (χ2v) is 5.76. The third-order valence-electron chi connectivity index (χ3n) is 4.51. The fourth-order valence-electron chi connectivity index (χ4n) is 3.58. The average Bonchev–Trinajstić information content (AvgIpc) is 2.93. The van der Waals surface area contributed by atoms with Crippen molar-refractivity contribution in [3.63, 3.8) is 0 Å². The Hall–Kier alpha value is -0.120. The molecule has 3 atom stereocenters. The minimum Gasteiger partial charge on any atom is -0.382 e. The van der Waals surface area contributed by atoms with Crippen LogP contribution in [0.25, 0.3) is 0 Å². The van der Waals surface area contributed by atoms with Gasteiger partial charge >= 0.3 is 0 Å². The summed E-state index contributed by atoms with van der Waals surface area (Å²) >= 11 is 0. The molecule has 0 aromatic heterocycles. The normalized spacial score (nSPS) is 32.8. The molecule has 2 N–H and O–H groups in total. The smallest absolute Gasteiger partial charge is 0.0477 e. The molecule has 0 spiro atoms. The van der Waals surface area contributed by atoms with E-state index in [0.717, 1.165) is 44.2 Å². The standard InChI is InChI=1S/C15H30N2O/c1-2-18-12-6-11-17-14-8-4-3-7-13(14)15-9-5-10-16-15/h13-17H,2-12H2,1H3. The zero-order valence-electron chi connectivity index (χ0n) is 11.9. The van der Waals surface area contributed by atoms with Crippen molar-refractivity contribution < 1.29 is 4.74 Å². The molecule has 0 aromatic rings. The van der Waals surface area contributed by atoms with E-state index >= 15 is 0 Å². The van der Waals surface area contributed by atoms with Crippen LogP contribution in [0.15, 0.2) is 0 Å². The first-order valence-electron chi connectivity index (χ1n) is 7.96. The lowest BCUT2D eigenvalue weighted by Gasteiger charge is -2.36. The highest BCUT2D eigenvalue weighted by atomic mass is 16.5. The summed E-state index contributed by atoms with van der Waals surface area (Å²) in [7, 11) is 0. The van der Waals surface area contributed by atoms with Gasteiger partial charge in [0.25, 0.3) is 0 Å². The van der Waals surface area contributed by atoms with Crippen LogP contribution in [0.5, 0.6) is 0 Å². The molecule has 106 valence electrons. The molecule has 1 aliphatic heterocycles. The molecule has 2 aliphatic rings. The molecule has 18 heavy (non-hydrogen) atoms. The lowest BCUT2D eigenvalue weighted by Crippen LogP contribution is -2.47. The van der Waals surface area contributed by atoms with Crippen molar-refractivity contribution in [1.29, 1.82) is 0 Å². The van der Waals surface area contributed by atoms with Gasteiger partial charge < -0.3 is 15.4 Å². The molecule has 1 saturated carbocycles. The van der Waals surface area contributed by atoms with E-state index in [-0.39, 0.29) is 0 Å². The number of nitrogens with one attached hydrogen (secondary N) is 2. The Morgan fingerprint density at radius 2 is 2.06 bits per heavy atom. The predicted octanol–water partition coefficient (Wildman–Crippen LogP) is 2.31. The van der Waals surface area contributed by atoms with Crippen LogP contribution in [0.3, 0.4) is 0 Å². The summed E-state index contributed by atoms with van der Waals surface area (Å²) in [5.74, 6) is 0.869. The largest absolute Gasteiger partial charge is 0.382 e. The first-order valence-corrected chi connectivity index (χ1v) is 7.96. The van der Waals surface area contributed by atoms with E-state index in [9.17, 15) is 0 Å². The molecule has 1 saturated heterocycles. The second-order valence-electron chi connectivity index (χ2n) is 5.76. The number of ether oxygens (including phenoxy) is 1. The van der Waals surface area contributed by atoms with Gasteiger partial charge in [-0.1, -0.05) is 12.8 Å². The van der Waals surface area contributed by atoms with Gasteiger partial charge in [0.05, 0.1) is 0 Å². The summed E-state index contributed by atoms with van der Waals surface area (Å²) in [6.07, 6.45) is 9.54. The number of hydrogen-bond acceptors (Lipinski definition) is 3. The molecule has 3 nitrogen and oxygen atoms in total. The maximum Gasteiger partial charge on any atom is 0.0477 e. The van der Waals surface area contributed by atoms with Gasteiger partial charge in [-0.15, -0.1) is 0 Å². The van der Waals surface area contributed by atoms with Gasteiger partial charge in [-0.05, 0) is 58.0 Å². The van der Waals surface area contributed by atoms with Crippen LogP contribution >= 0.6 is 0 Å². The van der Waals surface area contributed by atoms with E-state index in [4.69, 9.17) is 4.74 Å². The molecule has 0 aromatic carbocycles. The van der Waals surface area contributed by atoms with Crippen molar-refractivity contribution in [2.45, 2.75) is 64.0 Å². The first kappa shape index (κ1) is 14.3. The van der Waals surface area contributed by atoms with Crippen molar-refractivity contribution in [3.05, 3.63) is 0 Å². The fourth-order valence-corrected chi connectivity index (χ4v) is 3.58. The fraction of sp³-hybridized carbons (Fsp3) is 1.00. The Morgan fingerprint density at radius 3 is 2.83 bits per heavy atom. The maximum atomic E-state index is 5.40. The predicted molar refractivity (Wildman–Crippen MR) is 75.9 cm³/mol.